The molecule has 60 heavy (non-hydrogen) atoms. The van der Waals surface area contributed by atoms with Crippen molar-refractivity contribution in [3.05, 3.63) is 82.1 Å². The van der Waals surface area contributed by atoms with Crippen LogP contribution in [0.25, 0.3) is 0 Å². The lowest BCUT2D eigenvalue weighted by Gasteiger charge is -2.27. The molecule has 0 fully saturated rings. The Morgan fingerprint density at radius 2 is 1.55 bits per heavy atom. The van der Waals surface area contributed by atoms with E-state index < -0.39 is 82.8 Å². The van der Waals surface area contributed by atoms with E-state index >= 15 is 0 Å². The second-order valence-corrected chi connectivity index (χ2v) is 20.3. The van der Waals surface area contributed by atoms with Crippen molar-refractivity contribution in [1.29, 1.82) is 0 Å². The van der Waals surface area contributed by atoms with Gasteiger partial charge in [-0.25, -0.2) is 18.5 Å². The smallest absolute Gasteiger partial charge is 0.335 e. The minimum absolute atomic E-state index is 0.00977. The first kappa shape index (κ1) is 48.4. The van der Waals surface area contributed by atoms with Gasteiger partial charge in [0.1, 0.15) is 6.54 Å². The average molecular weight is 919 g/mol. The predicted octanol–water partition coefficient (Wildman–Crippen LogP) is 2.63. The Morgan fingerprint density at radius 1 is 0.883 bits per heavy atom. The maximum atomic E-state index is 13.8. The monoisotopic (exact) mass is 918 g/mol. The summed E-state index contributed by atoms with van der Waals surface area (Å²) in [6.07, 6.45) is 4.90. The standard InChI is InChI=1S/C36H46N4O16S4/c1-35(2)26-21-23(34(43)44)10-11-27(26)39(14-6-17-58(46,47)48)29(35)8-5-9-30-36(3,4)31-25(33(42)38-13-19-60(52,53)54)20-24(32(41)37-12-16-57-56-55-45)22-28(31)40(30)15-7-18-59(49,50)51/h5,8-11,20-22H,6-7,12-19H2,1-4H3,(H6-,37,38,41,42,43,44,45,46,47,48,49,50,51,52,53,54). The number of anilines is 1. The number of nitrogens with zero attached hydrogens (tertiary/aromatic N) is 2. The summed E-state index contributed by atoms with van der Waals surface area (Å²) in [7, 11) is -13.4. The van der Waals surface area contributed by atoms with Gasteiger partial charge in [-0.2, -0.15) is 21.4 Å². The zero-order chi connectivity index (χ0) is 44.8. The molecule has 0 unspecified atom stereocenters. The van der Waals surface area contributed by atoms with Crippen molar-refractivity contribution in [2.75, 3.05) is 54.1 Å². The van der Waals surface area contributed by atoms with Crippen molar-refractivity contribution in [3.63, 3.8) is 0 Å². The van der Waals surface area contributed by atoms with Crippen LogP contribution in [-0.2, 0) is 50.6 Å². The molecule has 0 atom stereocenters. The molecule has 0 spiro atoms. The molecule has 2 aliphatic rings. The number of hydrogen-bond acceptors (Lipinski definition) is 15. The number of allylic oxidation sites excluding steroid dienone is 4. The minimum Gasteiger partial charge on any atom is -0.748 e. The normalized spacial score (nSPS) is 16.7. The van der Waals surface area contributed by atoms with Crippen molar-refractivity contribution in [3.8, 4) is 0 Å². The number of amides is 2. The van der Waals surface area contributed by atoms with Gasteiger partial charge >= 0.3 is 5.97 Å². The fourth-order valence-electron chi connectivity index (χ4n) is 7.28. The predicted molar refractivity (Wildman–Crippen MR) is 219 cm³/mol. The number of benzene rings is 2. The fraction of sp³-hybridized carbons (Fsp3) is 0.444. The maximum Gasteiger partial charge on any atom is 0.335 e. The van der Waals surface area contributed by atoms with Gasteiger partial charge in [-0.3, -0.25) is 18.7 Å². The van der Waals surface area contributed by atoms with Crippen LogP contribution in [-0.4, -0.2) is 127 Å². The molecule has 0 saturated heterocycles. The Morgan fingerprint density at radius 3 is 2.17 bits per heavy atom. The van der Waals surface area contributed by atoms with Crippen molar-refractivity contribution >= 4 is 77.3 Å². The Kier molecular flexibility index (Phi) is 15.5. The van der Waals surface area contributed by atoms with Crippen LogP contribution in [0.3, 0.4) is 0 Å². The van der Waals surface area contributed by atoms with E-state index in [4.69, 9.17) is 5.26 Å². The second kappa shape index (κ2) is 19.2. The molecule has 0 aromatic heterocycles. The van der Waals surface area contributed by atoms with Crippen molar-refractivity contribution < 1.29 is 77.6 Å². The molecule has 2 aromatic rings. The van der Waals surface area contributed by atoms with Gasteiger partial charge in [-0.1, -0.05) is 25.0 Å². The quantitative estimate of drug-likeness (QED) is 0.0262. The Bertz CT molecular complexity index is 2450. The second-order valence-electron chi connectivity index (χ2n) is 14.8. The number of nitrogens with one attached hydrogen (secondary N) is 2. The molecule has 0 aliphatic carbocycles. The first-order chi connectivity index (χ1) is 27.8. The average Bonchev–Trinajstić information content (AvgIpc) is 3.47. The lowest BCUT2D eigenvalue weighted by atomic mass is 9.79. The maximum absolute atomic E-state index is 13.8. The molecule has 2 heterocycles. The van der Waals surface area contributed by atoms with E-state index in [1.807, 2.05) is 18.4 Å². The third kappa shape index (κ3) is 12.2. The van der Waals surface area contributed by atoms with Crippen LogP contribution >= 0.6 is 12.0 Å². The number of fused-ring (bicyclic) bond motifs is 2. The van der Waals surface area contributed by atoms with Crippen LogP contribution in [0, 0.1) is 0 Å². The van der Waals surface area contributed by atoms with Gasteiger partial charge in [0.2, 0.25) is 5.69 Å². The fourth-order valence-corrected chi connectivity index (χ4v) is 8.91. The Hall–Kier alpha value is -4.24. The summed E-state index contributed by atoms with van der Waals surface area (Å²) in [6.45, 7) is 6.76. The molecule has 0 saturated carbocycles. The van der Waals surface area contributed by atoms with Crippen molar-refractivity contribution in [2.45, 2.75) is 51.4 Å². The number of rotatable bonds is 21. The molecule has 4 rings (SSSR count). The van der Waals surface area contributed by atoms with Crippen LogP contribution in [0.1, 0.15) is 82.7 Å². The summed E-state index contributed by atoms with van der Waals surface area (Å²) < 4.78 is 106. The van der Waals surface area contributed by atoms with Gasteiger partial charge in [-0.15, -0.1) is 4.33 Å². The van der Waals surface area contributed by atoms with Gasteiger partial charge in [0.25, 0.3) is 32.1 Å². The summed E-state index contributed by atoms with van der Waals surface area (Å²) >= 11 is 0.681. The molecule has 6 N–H and O–H groups in total. The van der Waals surface area contributed by atoms with E-state index in [1.54, 1.807) is 43.0 Å². The largest absolute Gasteiger partial charge is 0.748 e. The van der Waals surface area contributed by atoms with Crippen LogP contribution in [0.5, 0.6) is 0 Å². The highest BCUT2D eigenvalue weighted by Crippen LogP contribution is 2.50. The van der Waals surface area contributed by atoms with Crippen molar-refractivity contribution in [2.24, 2.45) is 0 Å². The highest BCUT2D eigenvalue weighted by Gasteiger charge is 2.46. The minimum atomic E-state index is -4.66. The van der Waals surface area contributed by atoms with E-state index in [-0.39, 0.29) is 60.6 Å². The van der Waals surface area contributed by atoms with Crippen molar-refractivity contribution in [1.82, 2.24) is 10.6 Å². The van der Waals surface area contributed by atoms with Crippen LogP contribution in [0.15, 0.2) is 54.3 Å². The van der Waals surface area contributed by atoms with E-state index in [1.165, 1.54) is 24.3 Å². The molecular weight excluding hydrogens is 873 g/mol. The zero-order valence-electron chi connectivity index (χ0n) is 32.9. The van der Waals surface area contributed by atoms with E-state index in [0.29, 0.717) is 40.3 Å². The van der Waals surface area contributed by atoms with Gasteiger partial charge in [-0.05, 0) is 50.6 Å². The topological polar surface area (TPSA) is 306 Å². The van der Waals surface area contributed by atoms with Crippen LogP contribution in [0.2, 0.25) is 0 Å². The molecule has 0 bridgehead atoms. The van der Waals surface area contributed by atoms with Crippen LogP contribution in [0.4, 0.5) is 11.4 Å². The molecule has 24 heteroatoms. The van der Waals surface area contributed by atoms with E-state index in [2.05, 4.69) is 20.0 Å². The van der Waals surface area contributed by atoms with Gasteiger partial charge in [0.05, 0.1) is 32.6 Å². The van der Waals surface area contributed by atoms with E-state index in [9.17, 15) is 58.4 Å². The molecular formula is C36H46N4O16S4. The Labute approximate surface area is 351 Å². The number of carboxylic acid groups (broad SMARTS) is 1. The van der Waals surface area contributed by atoms with E-state index in [0.717, 1.165) is 0 Å². The third-order valence-electron chi connectivity index (χ3n) is 9.87. The number of hydrogen-bond donors (Lipinski definition) is 6. The lowest BCUT2D eigenvalue weighted by molar-refractivity contribution is -0.437. The highest BCUT2D eigenvalue weighted by molar-refractivity contribution is 7.94. The van der Waals surface area contributed by atoms with Gasteiger partial charge in [0.15, 0.2) is 5.71 Å². The zero-order valence-corrected chi connectivity index (χ0v) is 36.2. The molecule has 2 aliphatic heterocycles. The Balaban J connectivity index is 1.88. The lowest BCUT2D eigenvalue weighted by Crippen LogP contribution is -2.32. The third-order valence-corrected chi connectivity index (χ3v) is 12.7. The summed E-state index contributed by atoms with van der Waals surface area (Å²) in [5.74, 6) is -4.58. The van der Waals surface area contributed by atoms with Crippen LogP contribution < -0.4 is 15.5 Å². The molecule has 330 valence electrons. The molecule has 0 radical (unpaired) electrons. The summed E-state index contributed by atoms with van der Waals surface area (Å²) in [6, 6.07) is 7.33. The first-order valence-corrected chi connectivity index (χ1v) is 23.9. The number of carbonyl (C=O) groups is 3. The summed E-state index contributed by atoms with van der Waals surface area (Å²) in [4.78, 5) is 40.8. The first-order valence-electron chi connectivity index (χ1n) is 18.2. The number of aromatic carboxylic acids is 1. The molecule has 20 nitrogen and oxygen atoms in total. The molecule has 2 amide bonds. The molecule has 2 aromatic carbocycles. The number of carbonyl (C=O) groups excluding carboxylic acids is 2. The number of carboxylic acids is 1. The van der Waals surface area contributed by atoms with Gasteiger partial charge in [0, 0.05) is 101 Å². The SMILES string of the molecule is CC1(C)C(/C=C/C=C2/N(CCCS(=O)(=O)[O-])c3cc(C(=O)NCCSOOO)cc(C(=O)NCCS(=O)(=O)O)c3C2(C)C)=[N+](CCCS(=O)(=O)O)c2ccc(C(=O)O)cc21. The highest BCUT2D eigenvalue weighted by atomic mass is 32.2. The summed E-state index contributed by atoms with van der Waals surface area (Å²) in [5.41, 5.74) is 0.984. The summed E-state index contributed by atoms with van der Waals surface area (Å²) in [5, 5.41) is 26.7. The van der Waals surface area contributed by atoms with Gasteiger partial charge < -0.3 is 25.2 Å².